The highest BCUT2D eigenvalue weighted by atomic mass is 16.5. The lowest BCUT2D eigenvalue weighted by Crippen LogP contribution is -2.38. The third-order valence-electron chi connectivity index (χ3n) is 7.43. The van der Waals surface area contributed by atoms with Gasteiger partial charge in [0.05, 0.1) is 19.8 Å². The van der Waals surface area contributed by atoms with Gasteiger partial charge in [-0.05, 0) is 74.7 Å². The Labute approximate surface area is 205 Å². The van der Waals surface area contributed by atoms with E-state index in [0.717, 1.165) is 25.7 Å². The second-order valence-electron chi connectivity index (χ2n) is 9.63. The van der Waals surface area contributed by atoms with Gasteiger partial charge in [0.15, 0.2) is 0 Å². The van der Waals surface area contributed by atoms with E-state index in [4.69, 9.17) is 9.47 Å². The van der Waals surface area contributed by atoms with E-state index in [0.29, 0.717) is 31.1 Å². The summed E-state index contributed by atoms with van der Waals surface area (Å²) in [7, 11) is 1.45. The average Bonchev–Trinajstić information content (AvgIpc) is 3.55. The molecule has 2 fully saturated rings. The van der Waals surface area contributed by atoms with Crippen LogP contribution in [-0.2, 0) is 20.9 Å². The molecular weight excluding hydrogens is 422 g/mol. The van der Waals surface area contributed by atoms with E-state index < -0.39 is 0 Å². The molecule has 1 aliphatic carbocycles. The molecule has 2 aromatic carbocycles. The Hall–Kier alpha value is -2.43. The van der Waals surface area contributed by atoms with Crippen molar-refractivity contribution in [2.75, 3.05) is 20.2 Å². The molecule has 182 valence electrons. The SMILES string of the molecule is COC(=O)CCC=CCC[C@H]1[C@@H](OCc2ccc(-c3ccccc3)cc2)CC[C@@H]1N1CCCC1. The van der Waals surface area contributed by atoms with Gasteiger partial charge in [0.25, 0.3) is 0 Å². The smallest absolute Gasteiger partial charge is 0.305 e. The summed E-state index contributed by atoms with van der Waals surface area (Å²) in [5.41, 5.74) is 3.74. The van der Waals surface area contributed by atoms with E-state index in [-0.39, 0.29) is 5.97 Å². The maximum absolute atomic E-state index is 11.3. The predicted molar refractivity (Wildman–Crippen MR) is 137 cm³/mol. The zero-order chi connectivity index (χ0) is 23.6. The molecule has 0 amide bonds. The number of methoxy groups -OCH3 is 1. The van der Waals surface area contributed by atoms with Crippen LogP contribution in [0.2, 0.25) is 0 Å². The summed E-state index contributed by atoms with van der Waals surface area (Å²) >= 11 is 0. The zero-order valence-electron chi connectivity index (χ0n) is 20.5. The van der Waals surface area contributed by atoms with E-state index in [9.17, 15) is 4.79 Å². The van der Waals surface area contributed by atoms with Crippen LogP contribution in [0.3, 0.4) is 0 Å². The Morgan fingerprint density at radius 2 is 1.65 bits per heavy atom. The molecule has 1 saturated heterocycles. The topological polar surface area (TPSA) is 38.8 Å². The highest BCUT2D eigenvalue weighted by molar-refractivity contribution is 5.69. The number of nitrogens with zero attached hydrogens (tertiary/aromatic N) is 1. The Balaban J connectivity index is 1.31. The number of benzene rings is 2. The van der Waals surface area contributed by atoms with Crippen LogP contribution in [0, 0.1) is 5.92 Å². The molecule has 0 aromatic heterocycles. The van der Waals surface area contributed by atoms with Crippen molar-refractivity contribution < 1.29 is 14.3 Å². The minimum Gasteiger partial charge on any atom is -0.469 e. The first-order valence-electron chi connectivity index (χ1n) is 13.0. The van der Waals surface area contributed by atoms with Crippen LogP contribution in [0.25, 0.3) is 11.1 Å². The van der Waals surface area contributed by atoms with Gasteiger partial charge in [-0.15, -0.1) is 0 Å². The van der Waals surface area contributed by atoms with E-state index in [1.54, 1.807) is 0 Å². The fourth-order valence-electron chi connectivity index (χ4n) is 5.58. The van der Waals surface area contributed by atoms with Gasteiger partial charge in [0, 0.05) is 18.4 Å². The highest BCUT2D eigenvalue weighted by Crippen LogP contribution is 2.37. The maximum atomic E-state index is 11.3. The predicted octanol–water partition coefficient (Wildman–Crippen LogP) is 6.40. The molecule has 3 atom stereocenters. The highest BCUT2D eigenvalue weighted by Gasteiger charge is 2.40. The molecule has 1 heterocycles. The first kappa shape index (κ1) is 24.7. The summed E-state index contributed by atoms with van der Waals surface area (Å²) in [5, 5.41) is 0. The Morgan fingerprint density at radius 3 is 2.38 bits per heavy atom. The monoisotopic (exact) mass is 461 g/mol. The molecule has 4 rings (SSSR count). The van der Waals surface area contributed by atoms with E-state index in [1.807, 2.05) is 0 Å². The van der Waals surface area contributed by atoms with Gasteiger partial charge in [-0.2, -0.15) is 0 Å². The second kappa shape index (κ2) is 12.9. The minimum atomic E-state index is -0.139. The summed E-state index contributed by atoms with van der Waals surface area (Å²) in [6, 6.07) is 20.0. The fourth-order valence-corrected chi connectivity index (χ4v) is 5.58. The van der Waals surface area contributed by atoms with Gasteiger partial charge in [0.2, 0.25) is 0 Å². The average molecular weight is 462 g/mol. The van der Waals surface area contributed by atoms with Crippen LogP contribution < -0.4 is 0 Å². The van der Waals surface area contributed by atoms with Crippen LogP contribution >= 0.6 is 0 Å². The molecule has 1 saturated carbocycles. The van der Waals surface area contributed by atoms with Crippen molar-refractivity contribution in [3.05, 3.63) is 72.3 Å². The largest absolute Gasteiger partial charge is 0.469 e. The van der Waals surface area contributed by atoms with Crippen molar-refractivity contribution in [1.29, 1.82) is 0 Å². The molecule has 4 nitrogen and oxygen atoms in total. The van der Waals surface area contributed by atoms with Gasteiger partial charge in [0.1, 0.15) is 0 Å². The van der Waals surface area contributed by atoms with Crippen molar-refractivity contribution >= 4 is 5.97 Å². The van der Waals surface area contributed by atoms with Crippen LogP contribution in [0.4, 0.5) is 0 Å². The van der Waals surface area contributed by atoms with Gasteiger partial charge in [-0.25, -0.2) is 0 Å². The summed E-state index contributed by atoms with van der Waals surface area (Å²) in [4.78, 5) is 14.0. The standard InChI is InChI=1S/C30H39NO3/c1-33-30(32)14-8-3-2-7-13-27-28(31-21-9-10-22-31)19-20-29(27)34-23-24-15-17-26(18-16-24)25-11-5-4-6-12-25/h2-6,11-12,15-18,27-29H,7-10,13-14,19-23H2,1H3/t27-,28+,29+/m1/s1. The third kappa shape index (κ3) is 6.80. The zero-order valence-corrected chi connectivity index (χ0v) is 20.5. The quantitative estimate of drug-likeness (QED) is 0.287. The molecule has 0 N–H and O–H groups in total. The van der Waals surface area contributed by atoms with Crippen LogP contribution in [-0.4, -0.2) is 43.2 Å². The molecule has 0 bridgehead atoms. The fraction of sp³-hybridized carbons (Fsp3) is 0.500. The van der Waals surface area contributed by atoms with E-state index in [2.05, 4.69) is 71.6 Å². The van der Waals surface area contributed by atoms with Crippen LogP contribution in [0.5, 0.6) is 0 Å². The second-order valence-corrected chi connectivity index (χ2v) is 9.63. The number of ether oxygens (including phenoxy) is 2. The summed E-state index contributed by atoms with van der Waals surface area (Å²) < 4.78 is 11.3. The summed E-state index contributed by atoms with van der Waals surface area (Å²) in [5.74, 6) is 0.437. The lowest BCUT2D eigenvalue weighted by Gasteiger charge is -2.31. The number of likely N-dealkylation sites (tertiary alicyclic amines) is 1. The normalized spacial score (nSPS) is 23.0. The van der Waals surface area contributed by atoms with Gasteiger partial charge >= 0.3 is 5.97 Å². The van der Waals surface area contributed by atoms with Crippen molar-refractivity contribution in [2.24, 2.45) is 5.92 Å². The number of carbonyl (C=O) groups excluding carboxylic acids is 1. The van der Waals surface area contributed by atoms with Crippen LogP contribution in [0.15, 0.2) is 66.7 Å². The Kier molecular flexibility index (Phi) is 9.35. The van der Waals surface area contributed by atoms with Crippen molar-refractivity contribution in [2.45, 2.75) is 70.1 Å². The third-order valence-corrected chi connectivity index (χ3v) is 7.43. The van der Waals surface area contributed by atoms with Gasteiger partial charge < -0.3 is 14.4 Å². The number of carbonyl (C=O) groups is 1. The van der Waals surface area contributed by atoms with E-state index >= 15 is 0 Å². The minimum absolute atomic E-state index is 0.139. The molecule has 2 aromatic rings. The molecule has 0 spiro atoms. The number of allylic oxidation sites excluding steroid dienone is 2. The first-order valence-corrected chi connectivity index (χ1v) is 13.0. The molecule has 2 aliphatic rings. The van der Waals surface area contributed by atoms with Crippen LogP contribution in [0.1, 0.15) is 56.9 Å². The summed E-state index contributed by atoms with van der Waals surface area (Å²) in [6.45, 7) is 3.16. The Morgan fingerprint density at radius 1 is 0.941 bits per heavy atom. The van der Waals surface area contributed by atoms with Crippen molar-refractivity contribution in [3.8, 4) is 11.1 Å². The number of hydrogen-bond acceptors (Lipinski definition) is 4. The molecule has 0 radical (unpaired) electrons. The molecule has 0 unspecified atom stereocenters. The number of esters is 1. The lowest BCUT2D eigenvalue weighted by atomic mass is 9.94. The van der Waals surface area contributed by atoms with Gasteiger partial charge in [-0.1, -0.05) is 66.7 Å². The van der Waals surface area contributed by atoms with E-state index in [1.165, 1.54) is 56.2 Å². The molecule has 34 heavy (non-hydrogen) atoms. The summed E-state index contributed by atoms with van der Waals surface area (Å²) in [6.07, 6.45) is 13.1. The van der Waals surface area contributed by atoms with Crippen molar-refractivity contribution in [3.63, 3.8) is 0 Å². The van der Waals surface area contributed by atoms with Gasteiger partial charge in [-0.3, -0.25) is 4.79 Å². The number of hydrogen-bond donors (Lipinski definition) is 0. The molecular formula is C30H39NO3. The lowest BCUT2D eigenvalue weighted by molar-refractivity contribution is -0.140. The Bertz CT molecular complexity index is 902. The maximum Gasteiger partial charge on any atom is 0.305 e. The first-order chi connectivity index (χ1) is 16.7. The molecule has 1 aliphatic heterocycles. The number of rotatable bonds is 11. The van der Waals surface area contributed by atoms with Crippen molar-refractivity contribution in [1.82, 2.24) is 4.90 Å². The molecule has 4 heteroatoms.